The number of carbonyl (C=O) groups excluding carboxylic acids is 2. The lowest BCUT2D eigenvalue weighted by Gasteiger charge is -2.31. The van der Waals surface area contributed by atoms with Gasteiger partial charge in [0.25, 0.3) is 0 Å². The lowest BCUT2D eigenvalue weighted by molar-refractivity contribution is -0.145. The highest BCUT2D eigenvalue weighted by Gasteiger charge is 2.27. The van der Waals surface area contributed by atoms with Crippen molar-refractivity contribution in [3.8, 4) is 0 Å². The van der Waals surface area contributed by atoms with Crippen LogP contribution in [0.1, 0.15) is 74.2 Å². The summed E-state index contributed by atoms with van der Waals surface area (Å²) in [5, 5.41) is 11.2. The smallest absolute Gasteiger partial charge is 0.306 e. The number of hydrogen-bond acceptors (Lipinski definition) is 6. The Balaban J connectivity index is 1.42. The van der Waals surface area contributed by atoms with Crippen LogP contribution >= 0.6 is 11.3 Å². The minimum atomic E-state index is -0.292. The van der Waals surface area contributed by atoms with E-state index < -0.39 is 0 Å². The minimum absolute atomic E-state index is 0.0516. The Kier molecular flexibility index (Phi) is 7.00. The summed E-state index contributed by atoms with van der Waals surface area (Å²) in [6.45, 7) is 3.62. The maximum absolute atomic E-state index is 12.2. The summed E-state index contributed by atoms with van der Waals surface area (Å²) in [7, 11) is 0. The van der Waals surface area contributed by atoms with Gasteiger partial charge in [-0.15, -0.1) is 21.5 Å². The first-order valence-electron chi connectivity index (χ1n) is 9.91. The summed E-state index contributed by atoms with van der Waals surface area (Å²) in [5.74, 6) is 0.976. The number of esters is 1. The first kappa shape index (κ1) is 19.3. The molecule has 0 unspecified atom stereocenters. The van der Waals surface area contributed by atoms with Crippen LogP contribution in [-0.2, 0) is 20.7 Å². The van der Waals surface area contributed by atoms with E-state index in [-0.39, 0.29) is 24.7 Å². The van der Waals surface area contributed by atoms with Gasteiger partial charge in [-0.3, -0.25) is 9.59 Å². The fraction of sp³-hybridized carbons (Fsp3) is 0.789. The number of amides is 1. The van der Waals surface area contributed by atoms with Crippen LogP contribution in [0.4, 0.5) is 0 Å². The molecule has 0 atom stereocenters. The molecule has 1 saturated carbocycles. The van der Waals surface area contributed by atoms with E-state index in [4.69, 9.17) is 4.74 Å². The molecule has 0 spiro atoms. The van der Waals surface area contributed by atoms with Crippen LogP contribution in [0.3, 0.4) is 0 Å². The highest BCUT2D eigenvalue weighted by molar-refractivity contribution is 7.11. The molecule has 26 heavy (non-hydrogen) atoms. The molecule has 2 aliphatic rings. The number of aromatic nitrogens is 2. The van der Waals surface area contributed by atoms with E-state index >= 15 is 0 Å². The fourth-order valence-electron chi connectivity index (χ4n) is 3.95. The molecule has 0 N–H and O–H groups in total. The van der Waals surface area contributed by atoms with Gasteiger partial charge in [0.05, 0.1) is 13.0 Å². The minimum Gasteiger partial charge on any atom is -0.466 e. The van der Waals surface area contributed by atoms with Gasteiger partial charge in [-0.2, -0.15) is 0 Å². The molecular weight excluding hydrogens is 350 g/mol. The zero-order chi connectivity index (χ0) is 18.4. The molecule has 1 amide bonds. The van der Waals surface area contributed by atoms with E-state index in [1.54, 1.807) is 18.3 Å². The lowest BCUT2D eigenvalue weighted by Crippen LogP contribution is -2.38. The first-order valence-corrected chi connectivity index (χ1v) is 10.7. The maximum Gasteiger partial charge on any atom is 0.306 e. The average molecular weight is 380 g/mol. The van der Waals surface area contributed by atoms with E-state index in [0.29, 0.717) is 12.5 Å². The standard InChI is InChI=1S/C19H29N3O3S/c1-2-25-18(24)8-7-17(23)22-11-9-15(10-12-22)19-21-20-16(26-19)13-14-5-3-4-6-14/h14-15H,2-13H2,1H3. The zero-order valence-corrected chi connectivity index (χ0v) is 16.4. The Morgan fingerprint density at radius 2 is 1.85 bits per heavy atom. The van der Waals surface area contributed by atoms with Crippen molar-refractivity contribution in [2.24, 2.45) is 5.92 Å². The Bertz CT molecular complexity index is 605. The second kappa shape index (κ2) is 9.44. The normalized spacial score (nSPS) is 19.0. The van der Waals surface area contributed by atoms with E-state index in [9.17, 15) is 9.59 Å². The van der Waals surface area contributed by atoms with Crippen molar-refractivity contribution >= 4 is 23.2 Å². The average Bonchev–Trinajstić information content (AvgIpc) is 3.33. The number of hydrogen-bond donors (Lipinski definition) is 0. The molecule has 144 valence electrons. The predicted octanol–water partition coefficient (Wildman–Crippen LogP) is 3.32. The molecule has 6 nitrogen and oxygen atoms in total. The van der Waals surface area contributed by atoms with Gasteiger partial charge in [0.15, 0.2) is 0 Å². The van der Waals surface area contributed by atoms with Crippen LogP contribution in [0, 0.1) is 5.92 Å². The van der Waals surface area contributed by atoms with Crippen LogP contribution in [0.2, 0.25) is 0 Å². The van der Waals surface area contributed by atoms with Crippen LogP contribution in [0.5, 0.6) is 0 Å². The molecule has 7 heteroatoms. The van der Waals surface area contributed by atoms with Crippen molar-refractivity contribution in [2.75, 3.05) is 19.7 Å². The summed E-state index contributed by atoms with van der Waals surface area (Å²) < 4.78 is 4.88. The summed E-state index contributed by atoms with van der Waals surface area (Å²) in [5.41, 5.74) is 0. The second-order valence-corrected chi connectivity index (χ2v) is 8.44. The van der Waals surface area contributed by atoms with Crippen molar-refractivity contribution in [1.29, 1.82) is 0 Å². The number of likely N-dealkylation sites (tertiary alicyclic amines) is 1. The number of piperidine rings is 1. The first-order chi connectivity index (χ1) is 12.7. The van der Waals surface area contributed by atoms with Gasteiger partial charge < -0.3 is 9.64 Å². The molecule has 1 aromatic heterocycles. The molecule has 1 aliphatic heterocycles. The molecule has 1 aliphatic carbocycles. The van der Waals surface area contributed by atoms with Gasteiger partial charge in [-0.1, -0.05) is 25.7 Å². The zero-order valence-electron chi connectivity index (χ0n) is 15.6. The van der Waals surface area contributed by atoms with E-state index in [0.717, 1.165) is 43.3 Å². The molecule has 2 heterocycles. The number of carbonyl (C=O) groups is 2. The Morgan fingerprint density at radius 3 is 2.54 bits per heavy atom. The van der Waals surface area contributed by atoms with Gasteiger partial charge >= 0.3 is 5.97 Å². The number of rotatable bonds is 7. The monoisotopic (exact) mass is 379 g/mol. The fourth-order valence-corrected chi connectivity index (χ4v) is 5.08. The van der Waals surface area contributed by atoms with Gasteiger partial charge in [0.2, 0.25) is 5.91 Å². The van der Waals surface area contributed by atoms with Crippen LogP contribution in [0.25, 0.3) is 0 Å². The van der Waals surface area contributed by atoms with Crippen LogP contribution < -0.4 is 0 Å². The molecule has 2 fully saturated rings. The Morgan fingerprint density at radius 1 is 1.12 bits per heavy atom. The van der Waals surface area contributed by atoms with Crippen molar-refractivity contribution in [2.45, 2.75) is 70.6 Å². The molecule has 3 rings (SSSR count). The quantitative estimate of drug-likeness (QED) is 0.680. The summed E-state index contributed by atoms with van der Waals surface area (Å²) >= 11 is 1.77. The molecule has 1 aromatic rings. The van der Waals surface area contributed by atoms with Gasteiger partial charge in [-0.05, 0) is 25.7 Å². The molecule has 1 saturated heterocycles. The molecular formula is C19H29N3O3S. The van der Waals surface area contributed by atoms with E-state index in [2.05, 4.69) is 10.2 Å². The molecule has 0 bridgehead atoms. The highest BCUT2D eigenvalue weighted by Crippen LogP contribution is 2.33. The highest BCUT2D eigenvalue weighted by atomic mass is 32.1. The lowest BCUT2D eigenvalue weighted by atomic mass is 9.97. The number of nitrogens with zero attached hydrogens (tertiary/aromatic N) is 3. The van der Waals surface area contributed by atoms with Crippen molar-refractivity contribution in [3.63, 3.8) is 0 Å². The number of ether oxygens (including phenoxy) is 1. The third-order valence-corrected chi connectivity index (χ3v) is 6.57. The second-order valence-electron chi connectivity index (χ2n) is 7.35. The van der Waals surface area contributed by atoms with Gasteiger partial charge in [0.1, 0.15) is 10.0 Å². The van der Waals surface area contributed by atoms with Gasteiger partial charge in [-0.25, -0.2) is 0 Å². The Labute approximate surface area is 159 Å². The molecule has 0 radical (unpaired) electrons. The summed E-state index contributed by atoms with van der Waals surface area (Å²) in [4.78, 5) is 25.5. The Hall–Kier alpha value is -1.50. The summed E-state index contributed by atoms with van der Waals surface area (Å²) in [6.07, 6.45) is 8.76. The summed E-state index contributed by atoms with van der Waals surface area (Å²) in [6, 6.07) is 0. The third kappa shape index (κ3) is 5.25. The molecule has 0 aromatic carbocycles. The van der Waals surface area contributed by atoms with Crippen molar-refractivity contribution in [1.82, 2.24) is 15.1 Å². The predicted molar refractivity (Wildman–Crippen MR) is 100.0 cm³/mol. The van der Waals surface area contributed by atoms with E-state index in [1.807, 2.05) is 4.90 Å². The van der Waals surface area contributed by atoms with Crippen molar-refractivity contribution < 1.29 is 14.3 Å². The van der Waals surface area contributed by atoms with Crippen molar-refractivity contribution in [3.05, 3.63) is 10.0 Å². The SMILES string of the molecule is CCOC(=O)CCC(=O)N1CCC(c2nnc(CC3CCCC3)s2)CC1. The van der Waals surface area contributed by atoms with E-state index in [1.165, 1.54) is 30.7 Å². The van der Waals surface area contributed by atoms with Gasteiger partial charge in [0, 0.05) is 31.8 Å². The maximum atomic E-state index is 12.2. The largest absolute Gasteiger partial charge is 0.466 e. The van der Waals surface area contributed by atoms with Crippen LogP contribution in [-0.4, -0.2) is 46.7 Å². The third-order valence-electron chi connectivity index (χ3n) is 5.47. The van der Waals surface area contributed by atoms with Crippen LogP contribution in [0.15, 0.2) is 0 Å². The topological polar surface area (TPSA) is 72.4 Å².